The highest BCUT2D eigenvalue weighted by Crippen LogP contribution is 2.21. The number of benzene rings is 1. The first-order valence-corrected chi connectivity index (χ1v) is 6.08. The fourth-order valence-electron chi connectivity index (χ4n) is 2.19. The van der Waals surface area contributed by atoms with Gasteiger partial charge in [-0.2, -0.15) is 0 Å². The topological polar surface area (TPSA) is 32.6 Å². The summed E-state index contributed by atoms with van der Waals surface area (Å²) in [5.41, 5.74) is 1.99. The van der Waals surface area contributed by atoms with Gasteiger partial charge >= 0.3 is 0 Å². The number of hydrogen-bond acceptors (Lipinski definition) is 2. The number of nitrogens with zero attached hydrogens (tertiary/aromatic N) is 1. The molecule has 1 N–H and O–H groups in total. The second-order valence-electron chi connectivity index (χ2n) is 4.63. The summed E-state index contributed by atoms with van der Waals surface area (Å²) in [5.74, 6) is 0.324. The van der Waals surface area contributed by atoms with Crippen LogP contribution in [0.25, 0.3) is 0 Å². The highest BCUT2D eigenvalue weighted by molar-refractivity contribution is 5.83. The number of aromatic hydroxyl groups is 1. The van der Waals surface area contributed by atoms with Gasteiger partial charge in [0, 0.05) is 17.8 Å². The Bertz CT molecular complexity index is 378. The van der Waals surface area contributed by atoms with Crippen LogP contribution in [0.4, 0.5) is 0 Å². The zero-order valence-electron chi connectivity index (χ0n) is 9.82. The molecule has 0 radical (unpaired) electrons. The molecule has 0 atom stereocenters. The van der Waals surface area contributed by atoms with Crippen LogP contribution in [0.2, 0.25) is 0 Å². The van der Waals surface area contributed by atoms with Crippen LogP contribution in [0.15, 0.2) is 23.2 Å². The molecule has 0 spiro atoms. The molecule has 0 bridgehead atoms. The van der Waals surface area contributed by atoms with E-state index in [1.54, 1.807) is 6.07 Å². The number of hydrogen-bond donors (Lipinski definition) is 1. The van der Waals surface area contributed by atoms with E-state index in [-0.39, 0.29) is 0 Å². The number of aliphatic imine (C=N–C) groups is 1. The van der Waals surface area contributed by atoms with E-state index in [4.69, 9.17) is 0 Å². The van der Waals surface area contributed by atoms with E-state index >= 15 is 0 Å². The largest absolute Gasteiger partial charge is 0.507 e. The monoisotopic (exact) mass is 217 g/mol. The highest BCUT2D eigenvalue weighted by atomic mass is 16.3. The van der Waals surface area contributed by atoms with Crippen LogP contribution in [0.1, 0.15) is 43.2 Å². The van der Waals surface area contributed by atoms with E-state index in [1.165, 1.54) is 32.1 Å². The molecule has 1 aromatic rings. The number of aryl methyl sites for hydroxylation is 1. The van der Waals surface area contributed by atoms with Crippen LogP contribution in [0.5, 0.6) is 5.75 Å². The lowest BCUT2D eigenvalue weighted by Gasteiger charge is -2.17. The summed E-state index contributed by atoms with van der Waals surface area (Å²) < 4.78 is 0. The molecule has 1 aliphatic carbocycles. The fraction of sp³-hybridized carbons (Fsp3) is 0.500. The van der Waals surface area contributed by atoms with Crippen LogP contribution in [-0.4, -0.2) is 17.4 Å². The first-order chi connectivity index (χ1) is 7.75. The average molecular weight is 217 g/mol. The van der Waals surface area contributed by atoms with Crippen LogP contribution in [-0.2, 0) is 0 Å². The van der Waals surface area contributed by atoms with Gasteiger partial charge in [-0.3, -0.25) is 4.99 Å². The van der Waals surface area contributed by atoms with E-state index in [1.807, 2.05) is 25.3 Å². The van der Waals surface area contributed by atoms with Crippen molar-refractivity contribution in [2.45, 2.75) is 45.1 Å². The molecule has 1 aromatic carbocycles. The van der Waals surface area contributed by atoms with Crippen molar-refractivity contribution in [2.75, 3.05) is 0 Å². The van der Waals surface area contributed by atoms with Gasteiger partial charge in [0.15, 0.2) is 0 Å². The summed E-state index contributed by atoms with van der Waals surface area (Å²) in [5, 5.41) is 9.67. The Morgan fingerprint density at radius 1 is 1.25 bits per heavy atom. The summed E-state index contributed by atoms with van der Waals surface area (Å²) in [7, 11) is 0. The summed E-state index contributed by atoms with van der Waals surface area (Å²) in [6.07, 6.45) is 8.16. The van der Waals surface area contributed by atoms with Crippen molar-refractivity contribution in [2.24, 2.45) is 4.99 Å². The maximum atomic E-state index is 9.67. The third-order valence-electron chi connectivity index (χ3n) is 3.18. The van der Waals surface area contributed by atoms with Crippen molar-refractivity contribution >= 4 is 6.21 Å². The van der Waals surface area contributed by atoms with E-state index in [0.717, 1.165) is 11.1 Å². The van der Waals surface area contributed by atoms with E-state index in [2.05, 4.69) is 4.99 Å². The zero-order chi connectivity index (χ0) is 11.4. The van der Waals surface area contributed by atoms with Crippen molar-refractivity contribution in [1.82, 2.24) is 0 Å². The Kier molecular flexibility index (Phi) is 3.60. The molecule has 0 heterocycles. The minimum absolute atomic E-state index is 0.324. The predicted molar refractivity (Wildman–Crippen MR) is 67.3 cm³/mol. The molecule has 0 aliphatic heterocycles. The number of rotatable bonds is 2. The van der Waals surface area contributed by atoms with Crippen molar-refractivity contribution in [1.29, 1.82) is 0 Å². The molecule has 2 heteroatoms. The molecule has 2 nitrogen and oxygen atoms in total. The lowest BCUT2D eigenvalue weighted by molar-refractivity contribution is 0.444. The third-order valence-corrected chi connectivity index (χ3v) is 3.18. The van der Waals surface area contributed by atoms with Crippen molar-refractivity contribution in [3.8, 4) is 5.75 Å². The second kappa shape index (κ2) is 5.15. The maximum absolute atomic E-state index is 9.67. The van der Waals surface area contributed by atoms with Gasteiger partial charge in [-0.15, -0.1) is 0 Å². The molecule has 1 fully saturated rings. The Morgan fingerprint density at radius 2 is 2.00 bits per heavy atom. The molecular formula is C14H19NO. The van der Waals surface area contributed by atoms with Gasteiger partial charge < -0.3 is 5.11 Å². The molecule has 1 aliphatic rings. The standard InChI is InChI=1S/C14H19NO/c1-11-7-8-14(16)12(9-11)10-15-13-5-3-2-4-6-13/h7-10,13,16H,2-6H2,1H3. The third kappa shape index (κ3) is 2.84. The first kappa shape index (κ1) is 11.2. The summed E-state index contributed by atoms with van der Waals surface area (Å²) >= 11 is 0. The van der Waals surface area contributed by atoms with Gasteiger partial charge in [-0.25, -0.2) is 0 Å². The molecule has 0 aromatic heterocycles. The minimum Gasteiger partial charge on any atom is -0.507 e. The van der Waals surface area contributed by atoms with Crippen LogP contribution >= 0.6 is 0 Å². The Hall–Kier alpha value is -1.31. The molecule has 1 saturated carbocycles. The Labute approximate surface area is 97.0 Å². The van der Waals surface area contributed by atoms with Crippen molar-refractivity contribution < 1.29 is 5.11 Å². The molecule has 2 rings (SSSR count). The summed E-state index contributed by atoms with van der Waals surface area (Å²) in [6, 6.07) is 6.08. The fourth-order valence-corrected chi connectivity index (χ4v) is 2.19. The van der Waals surface area contributed by atoms with Crippen molar-refractivity contribution in [3.63, 3.8) is 0 Å². The lowest BCUT2D eigenvalue weighted by Crippen LogP contribution is -2.09. The lowest BCUT2D eigenvalue weighted by atomic mass is 9.96. The molecule has 0 amide bonds. The predicted octanol–water partition coefficient (Wildman–Crippen LogP) is 3.45. The SMILES string of the molecule is Cc1ccc(O)c(C=NC2CCCCC2)c1. The number of phenols is 1. The Morgan fingerprint density at radius 3 is 2.75 bits per heavy atom. The zero-order valence-corrected chi connectivity index (χ0v) is 9.82. The van der Waals surface area contributed by atoms with Gasteiger partial charge in [-0.05, 0) is 31.9 Å². The van der Waals surface area contributed by atoms with Gasteiger partial charge in [0.1, 0.15) is 5.75 Å². The van der Waals surface area contributed by atoms with Crippen molar-refractivity contribution in [3.05, 3.63) is 29.3 Å². The van der Waals surface area contributed by atoms with Gasteiger partial charge in [0.25, 0.3) is 0 Å². The quantitative estimate of drug-likeness (QED) is 0.756. The Balaban J connectivity index is 2.07. The summed E-state index contributed by atoms with van der Waals surface area (Å²) in [6.45, 7) is 2.03. The van der Waals surface area contributed by atoms with Crippen LogP contribution in [0.3, 0.4) is 0 Å². The maximum Gasteiger partial charge on any atom is 0.124 e. The molecule has 86 valence electrons. The second-order valence-corrected chi connectivity index (χ2v) is 4.63. The summed E-state index contributed by atoms with van der Waals surface area (Å²) in [4.78, 5) is 4.57. The number of phenolic OH excluding ortho intramolecular Hbond substituents is 1. The van der Waals surface area contributed by atoms with Crippen LogP contribution in [0, 0.1) is 6.92 Å². The van der Waals surface area contributed by atoms with Gasteiger partial charge in [0.05, 0.1) is 0 Å². The molecule has 0 unspecified atom stereocenters. The molecular weight excluding hydrogens is 198 g/mol. The van der Waals surface area contributed by atoms with Gasteiger partial charge in [0.2, 0.25) is 0 Å². The van der Waals surface area contributed by atoms with E-state index in [9.17, 15) is 5.11 Å². The van der Waals surface area contributed by atoms with E-state index < -0.39 is 0 Å². The molecule has 16 heavy (non-hydrogen) atoms. The highest BCUT2D eigenvalue weighted by Gasteiger charge is 2.10. The first-order valence-electron chi connectivity index (χ1n) is 6.08. The average Bonchev–Trinajstić information content (AvgIpc) is 2.32. The minimum atomic E-state index is 0.324. The molecule has 0 saturated heterocycles. The van der Waals surface area contributed by atoms with Crippen LogP contribution < -0.4 is 0 Å². The van der Waals surface area contributed by atoms with Gasteiger partial charge in [-0.1, -0.05) is 30.9 Å². The van der Waals surface area contributed by atoms with E-state index in [0.29, 0.717) is 11.8 Å². The normalized spacial score (nSPS) is 18.1. The smallest absolute Gasteiger partial charge is 0.124 e.